The summed E-state index contributed by atoms with van der Waals surface area (Å²) in [5, 5.41) is 2.99. The minimum absolute atomic E-state index is 0.168. The Labute approximate surface area is 123 Å². The molecule has 0 aliphatic rings. The van der Waals surface area contributed by atoms with Crippen LogP contribution in [0, 0.1) is 5.82 Å². The first kappa shape index (κ1) is 13.8. The van der Waals surface area contributed by atoms with Crippen molar-refractivity contribution >= 4 is 11.0 Å². The zero-order chi connectivity index (χ0) is 14.8. The first-order chi connectivity index (χ1) is 10.2. The van der Waals surface area contributed by atoms with Crippen LogP contribution in [-0.4, -0.2) is 16.6 Å². The predicted octanol–water partition coefficient (Wildman–Crippen LogP) is 3.02. The van der Waals surface area contributed by atoms with Gasteiger partial charge in [-0.15, -0.1) is 0 Å². The van der Waals surface area contributed by atoms with Crippen molar-refractivity contribution in [2.24, 2.45) is 7.05 Å². The highest BCUT2D eigenvalue weighted by Crippen LogP contribution is 2.18. The van der Waals surface area contributed by atoms with Crippen LogP contribution in [0.3, 0.4) is 0 Å². The molecule has 1 N–H and O–H groups in total. The van der Waals surface area contributed by atoms with Gasteiger partial charge in [0, 0.05) is 25.6 Å². The Morgan fingerprint density at radius 3 is 2.76 bits per heavy atom. The molecule has 0 saturated carbocycles. The zero-order valence-electron chi connectivity index (χ0n) is 12.2. The number of para-hydroxylation sites is 2. The average molecular weight is 283 g/mol. The molecular formula is C17H18FN3. The van der Waals surface area contributed by atoms with E-state index in [9.17, 15) is 4.39 Å². The van der Waals surface area contributed by atoms with E-state index in [1.165, 1.54) is 6.07 Å². The van der Waals surface area contributed by atoms with Crippen LogP contribution < -0.4 is 5.32 Å². The van der Waals surface area contributed by atoms with Crippen LogP contribution in [-0.2, 0) is 20.0 Å². The van der Waals surface area contributed by atoms with Gasteiger partial charge in [-0.05, 0) is 30.8 Å². The van der Waals surface area contributed by atoms with Crippen molar-refractivity contribution in [1.29, 1.82) is 0 Å². The summed E-state index contributed by atoms with van der Waals surface area (Å²) in [6.45, 7) is 0.530. The molecule has 1 aromatic heterocycles. The molecule has 0 aliphatic heterocycles. The van der Waals surface area contributed by atoms with Gasteiger partial charge in [0.25, 0.3) is 0 Å². The molecule has 2 aromatic carbocycles. The summed E-state index contributed by atoms with van der Waals surface area (Å²) in [6, 6.07) is 13.3. The van der Waals surface area contributed by atoms with Crippen molar-refractivity contribution in [2.45, 2.75) is 13.0 Å². The Balaban J connectivity index is 1.95. The van der Waals surface area contributed by atoms with Gasteiger partial charge in [0.05, 0.1) is 11.0 Å². The number of hydrogen-bond acceptors (Lipinski definition) is 2. The quantitative estimate of drug-likeness (QED) is 0.797. The Kier molecular flexibility index (Phi) is 3.71. The van der Waals surface area contributed by atoms with E-state index in [-0.39, 0.29) is 5.82 Å². The molecule has 4 heteroatoms. The van der Waals surface area contributed by atoms with Crippen LogP contribution >= 0.6 is 0 Å². The van der Waals surface area contributed by atoms with Crippen LogP contribution in [0.15, 0.2) is 42.5 Å². The van der Waals surface area contributed by atoms with Gasteiger partial charge in [0.15, 0.2) is 0 Å². The lowest BCUT2D eigenvalue weighted by Gasteiger charge is -2.07. The van der Waals surface area contributed by atoms with Crippen molar-refractivity contribution in [3.63, 3.8) is 0 Å². The topological polar surface area (TPSA) is 29.9 Å². The predicted molar refractivity (Wildman–Crippen MR) is 82.7 cm³/mol. The third-order valence-electron chi connectivity index (χ3n) is 3.72. The Hall–Kier alpha value is -2.20. The highest BCUT2D eigenvalue weighted by Gasteiger charge is 2.09. The smallest absolute Gasteiger partial charge is 0.127 e. The number of aromatic nitrogens is 2. The molecule has 0 amide bonds. The summed E-state index contributed by atoms with van der Waals surface area (Å²) >= 11 is 0. The monoisotopic (exact) mass is 283 g/mol. The zero-order valence-corrected chi connectivity index (χ0v) is 12.2. The van der Waals surface area contributed by atoms with Gasteiger partial charge in [-0.2, -0.15) is 0 Å². The minimum Gasteiger partial charge on any atom is -0.331 e. The highest BCUT2D eigenvalue weighted by molar-refractivity contribution is 5.75. The fourth-order valence-corrected chi connectivity index (χ4v) is 2.60. The fraction of sp³-hybridized carbons (Fsp3) is 0.235. The first-order valence-corrected chi connectivity index (χ1v) is 7.01. The van der Waals surface area contributed by atoms with Crippen LogP contribution in [0.5, 0.6) is 0 Å². The second kappa shape index (κ2) is 5.66. The second-order valence-electron chi connectivity index (χ2n) is 5.21. The average Bonchev–Trinajstić information content (AvgIpc) is 2.80. The number of halogens is 1. The molecular weight excluding hydrogens is 265 g/mol. The minimum atomic E-state index is -0.168. The van der Waals surface area contributed by atoms with E-state index < -0.39 is 0 Å². The summed E-state index contributed by atoms with van der Waals surface area (Å²) in [5.74, 6) is 0.816. The summed E-state index contributed by atoms with van der Waals surface area (Å²) in [5.41, 5.74) is 3.87. The number of benzene rings is 2. The normalized spacial score (nSPS) is 11.2. The number of rotatable bonds is 4. The number of nitrogens with zero attached hydrogens (tertiary/aromatic N) is 2. The van der Waals surface area contributed by atoms with Crippen molar-refractivity contribution < 1.29 is 4.39 Å². The maximum Gasteiger partial charge on any atom is 0.127 e. The molecule has 0 fully saturated rings. The maximum absolute atomic E-state index is 13.7. The molecule has 21 heavy (non-hydrogen) atoms. The number of nitrogens with one attached hydrogen (secondary N) is 1. The summed E-state index contributed by atoms with van der Waals surface area (Å²) < 4.78 is 15.8. The van der Waals surface area contributed by atoms with E-state index in [1.54, 1.807) is 0 Å². The van der Waals surface area contributed by atoms with Crippen molar-refractivity contribution in [1.82, 2.24) is 14.9 Å². The number of imidazole rings is 1. The first-order valence-electron chi connectivity index (χ1n) is 7.01. The molecule has 3 aromatic rings. The standard InChI is InChI=1S/C17H18FN3/c1-19-11-13-9-12(7-8-14(13)18)10-17-20-15-5-3-4-6-16(15)21(17)2/h3-9,19H,10-11H2,1-2H3. The maximum atomic E-state index is 13.7. The van der Waals surface area contributed by atoms with Gasteiger partial charge in [-0.25, -0.2) is 9.37 Å². The Morgan fingerprint density at radius 1 is 1.19 bits per heavy atom. The van der Waals surface area contributed by atoms with E-state index in [4.69, 9.17) is 0 Å². The molecule has 0 saturated heterocycles. The lowest BCUT2D eigenvalue weighted by Crippen LogP contribution is -2.08. The van der Waals surface area contributed by atoms with Gasteiger partial charge in [0.2, 0.25) is 0 Å². The van der Waals surface area contributed by atoms with E-state index in [0.717, 1.165) is 22.4 Å². The van der Waals surface area contributed by atoms with Gasteiger partial charge in [0.1, 0.15) is 11.6 Å². The fourth-order valence-electron chi connectivity index (χ4n) is 2.60. The van der Waals surface area contributed by atoms with Gasteiger partial charge >= 0.3 is 0 Å². The van der Waals surface area contributed by atoms with Crippen LogP contribution in [0.4, 0.5) is 4.39 Å². The SMILES string of the molecule is CNCc1cc(Cc2nc3ccccc3n2C)ccc1F. The summed E-state index contributed by atoms with van der Waals surface area (Å²) in [4.78, 5) is 4.66. The van der Waals surface area contributed by atoms with Crippen molar-refractivity contribution in [2.75, 3.05) is 7.05 Å². The van der Waals surface area contributed by atoms with Crippen LogP contribution in [0.25, 0.3) is 11.0 Å². The molecule has 0 bridgehead atoms. The molecule has 0 aliphatic carbocycles. The number of hydrogen-bond donors (Lipinski definition) is 1. The molecule has 108 valence electrons. The lowest BCUT2D eigenvalue weighted by molar-refractivity contribution is 0.600. The van der Waals surface area contributed by atoms with Crippen LogP contribution in [0.2, 0.25) is 0 Å². The van der Waals surface area contributed by atoms with E-state index in [2.05, 4.69) is 20.9 Å². The molecule has 1 heterocycles. The Morgan fingerprint density at radius 2 is 2.00 bits per heavy atom. The molecule has 0 spiro atoms. The van der Waals surface area contributed by atoms with Crippen LogP contribution in [0.1, 0.15) is 17.0 Å². The number of aryl methyl sites for hydroxylation is 1. The van der Waals surface area contributed by atoms with E-state index in [1.807, 2.05) is 44.4 Å². The molecule has 3 rings (SSSR count). The van der Waals surface area contributed by atoms with Crippen molar-refractivity contribution in [3.8, 4) is 0 Å². The molecule has 0 atom stereocenters. The molecule has 3 nitrogen and oxygen atoms in total. The second-order valence-corrected chi connectivity index (χ2v) is 5.21. The summed E-state index contributed by atoms with van der Waals surface area (Å²) in [6.07, 6.45) is 0.697. The number of fused-ring (bicyclic) bond motifs is 1. The van der Waals surface area contributed by atoms with Gasteiger partial charge in [-0.3, -0.25) is 0 Å². The molecule has 0 radical (unpaired) electrons. The molecule has 0 unspecified atom stereocenters. The highest BCUT2D eigenvalue weighted by atomic mass is 19.1. The lowest BCUT2D eigenvalue weighted by atomic mass is 10.1. The summed E-state index contributed by atoms with van der Waals surface area (Å²) in [7, 11) is 3.83. The van der Waals surface area contributed by atoms with E-state index >= 15 is 0 Å². The van der Waals surface area contributed by atoms with Gasteiger partial charge in [-0.1, -0.05) is 24.3 Å². The largest absolute Gasteiger partial charge is 0.331 e. The van der Waals surface area contributed by atoms with Crippen molar-refractivity contribution in [3.05, 3.63) is 65.2 Å². The third kappa shape index (κ3) is 2.67. The van der Waals surface area contributed by atoms with Gasteiger partial charge < -0.3 is 9.88 Å². The van der Waals surface area contributed by atoms with E-state index in [0.29, 0.717) is 18.5 Å². The Bertz CT molecular complexity index is 777. The third-order valence-corrected chi connectivity index (χ3v) is 3.72.